The summed E-state index contributed by atoms with van der Waals surface area (Å²) in [4.78, 5) is 11.0. The normalized spacial score (nSPS) is 16.4. The predicted octanol–water partition coefficient (Wildman–Crippen LogP) is 2.20. The van der Waals surface area contributed by atoms with Gasteiger partial charge in [-0.2, -0.15) is 0 Å². The summed E-state index contributed by atoms with van der Waals surface area (Å²) >= 11 is 5.93. The molecule has 0 aliphatic carbocycles. The largest absolute Gasteiger partial charge is 0.369 e. The van der Waals surface area contributed by atoms with Crippen LogP contribution in [0.1, 0.15) is 25.6 Å². The van der Waals surface area contributed by atoms with E-state index in [0.29, 0.717) is 5.15 Å². The molecule has 94 valence electrons. The average molecular weight is 255 g/mol. The number of aryl methyl sites for hydroxylation is 1. The Morgan fingerprint density at radius 1 is 1.35 bits per heavy atom. The van der Waals surface area contributed by atoms with E-state index < -0.39 is 0 Å². The van der Waals surface area contributed by atoms with E-state index in [0.717, 1.165) is 31.2 Å². The molecule has 1 aliphatic rings. The van der Waals surface area contributed by atoms with Crippen molar-refractivity contribution in [3.05, 3.63) is 17.0 Å². The summed E-state index contributed by atoms with van der Waals surface area (Å²) in [6, 6.07) is 1.78. The third kappa shape index (κ3) is 3.82. The number of nitrogens with one attached hydrogen (secondary N) is 1. The van der Waals surface area contributed by atoms with Crippen LogP contribution < -0.4 is 5.32 Å². The second-order valence-corrected chi connectivity index (χ2v) is 4.71. The maximum atomic E-state index is 5.93. The second-order valence-electron chi connectivity index (χ2n) is 4.32. The van der Waals surface area contributed by atoms with Crippen molar-refractivity contribution in [2.75, 3.05) is 31.5 Å². The van der Waals surface area contributed by atoms with Crippen LogP contribution in [0.4, 0.5) is 5.82 Å². The van der Waals surface area contributed by atoms with E-state index in [1.54, 1.807) is 6.07 Å². The number of nitrogens with zero attached hydrogens (tertiary/aromatic N) is 3. The molecule has 1 N–H and O–H groups in total. The van der Waals surface area contributed by atoms with E-state index in [1.807, 2.05) is 6.92 Å². The van der Waals surface area contributed by atoms with Crippen molar-refractivity contribution in [2.24, 2.45) is 0 Å². The minimum absolute atomic E-state index is 0.514. The van der Waals surface area contributed by atoms with Crippen LogP contribution in [-0.2, 0) is 6.42 Å². The molecule has 0 saturated carbocycles. The first-order valence-corrected chi connectivity index (χ1v) is 6.65. The van der Waals surface area contributed by atoms with Gasteiger partial charge in [-0.15, -0.1) is 0 Å². The number of halogens is 1. The Morgan fingerprint density at radius 2 is 2.12 bits per heavy atom. The van der Waals surface area contributed by atoms with E-state index in [1.165, 1.54) is 25.9 Å². The Hall–Kier alpha value is -0.870. The van der Waals surface area contributed by atoms with E-state index in [-0.39, 0.29) is 0 Å². The monoisotopic (exact) mass is 254 g/mol. The van der Waals surface area contributed by atoms with Gasteiger partial charge in [0.15, 0.2) is 0 Å². The maximum Gasteiger partial charge on any atom is 0.134 e. The third-order valence-corrected chi connectivity index (χ3v) is 3.18. The summed E-state index contributed by atoms with van der Waals surface area (Å²) in [6.45, 7) is 6.47. The van der Waals surface area contributed by atoms with Gasteiger partial charge >= 0.3 is 0 Å². The standard InChI is InChI=1S/C12H19ClN4/c1-2-11-15-10(13)9-12(16-11)14-5-8-17-6-3-4-7-17/h9H,2-8H2,1H3,(H,14,15,16). The summed E-state index contributed by atoms with van der Waals surface area (Å²) in [5, 5.41) is 3.82. The summed E-state index contributed by atoms with van der Waals surface area (Å²) in [6.07, 6.45) is 3.47. The quantitative estimate of drug-likeness (QED) is 0.818. The fraction of sp³-hybridized carbons (Fsp3) is 0.667. The van der Waals surface area contributed by atoms with Gasteiger partial charge in [0.1, 0.15) is 16.8 Å². The van der Waals surface area contributed by atoms with Gasteiger partial charge in [0, 0.05) is 25.6 Å². The van der Waals surface area contributed by atoms with Crippen LogP contribution in [0.25, 0.3) is 0 Å². The first kappa shape index (κ1) is 12.6. The molecule has 2 heterocycles. The molecule has 2 rings (SSSR count). The Labute approximate surface area is 107 Å². The van der Waals surface area contributed by atoms with Crippen LogP contribution in [0.3, 0.4) is 0 Å². The van der Waals surface area contributed by atoms with Gasteiger partial charge < -0.3 is 10.2 Å². The van der Waals surface area contributed by atoms with Crippen molar-refractivity contribution >= 4 is 17.4 Å². The Bertz CT molecular complexity index is 364. The zero-order chi connectivity index (χ0) is 12.1. The van der Waals surface area contributed by atoms with Gasteiger partial charge in [-0.25, -0.2) is 9.97 Å². The molecule has 0 aromatic carbocycles. The fourth-order valence-corrected chi connectivity index (χ4v) is 2.26. The zero-order valence-electron chi connectivity index (χ0n) is 10.2. The summed E-state index contributed by atoms with van der Waals surface area (Å²) in [5.41, 5.74) is 0. The number of rotatable bonds is 5. The lowest BCUT2D eigenvalue weighted by Crippen LogP contribution is -2.26. The Balaban J connectivity index is 1.83. The van der Waals surface area contributed by atoms with Gasteiger partial charge in [0.25, 0.3) is 0 Å². The highest BCUT2D eigenvalue weighted by atomic mass is 35.5. The first-order valence-electron chi connectivity index (χ1n) is 6.27. The van der Waals surface area contributed by atoms with Crippen LogP contribution in [0.2, 0.25) is 5.15 Å². The molecule has 5 heteroatoms. The summed E-state index contributed by atoms with van der Waals surface area (Å²) in [7, 11) is 0. The molecule has 0 radical (unpaired) electrons. The molecule has 0 bridgehead atoms. The minimum atomic E-state index is 0.514. The molecule has 1 aliphatic heterocycles. The summed E-state index contributed by atoms with van der Waals surface area (Å²) in [5.74, 6) is 1.63. The maximum absolute atomic E-state index is 5.93. The zero-order valence-corrected chi connectivity index (χ0v) is 11.0. The molecule has 1 fully saturated rings. The van der Waals surface area contributed by atoms with E-state index >= 15 is 0 Å². The third-order valence-electron chi connectivity index (χ3n) is 2.99. The fourth-order valence-electron chi connectivity index (χ4n) is 2.06. The Morgan fingerprint density at radius 3 is 2.82 bits per heavy atom. The van der Waals surface area contributed by atoms with Crippen molar-refractivity contribution in [2.45, 2.75) is 26.2 Å². The molecule has 1 aromatic rings. The van der Waals surface area contributed by atoms with Crippen LogP contribution in [0, 0.1) is 0 Å². The smallest absolute Gasteiger partial charge is 0.134 e. The molecule has 1 saturated heterocycles. The molecule has 0 spiro atoms. The van der Waals surface area contributed by atoms with Gasteiger partial charge in [-0.1, -0.05) is 18.5 Å². The van der Waals surface area contributed by atoms with Crippen molar-refractivity contribution in [3.8, 4) is 0 Å². The highest BCUT2D eigenvalue weighted by Crippen LogP contribution is 2.12. The average Bonchev–Trinajstić information content (AvgIpc) is 2.81. The van der Waals surface area contributed by atoms with Crippen LogP contribution in [0.15, 0.2) is 6.07 Å². The summed E-state index contributed by atoms with van der Waals surface area (Å²) < 4.78 is 0. The first-order chi connectivity index (χ1) is 8.28. The number of hydrogen-bond donors (Lipinski definition) is 1. The van der Waals surface area contributed by atoms with E-state index in [9.17, 15) is 0 Å². The lowest BCUT2D eigenvalue weighted by molar-refractivity contribution is 0.352. The van der Waals surface area contributed by atoms with Crippen molar-refractivity contribution in [1.82, 2.24) is 14.9 Å². The minimum Gasteiger partial charge on any atom is -0.369 e. The number of aromatic nitrogens is 2. The molecule has 4 nitrogen and oxygen atoms in total. The molecule has 0 atom stereocenters. The van der Waals surface area contributed by atoms with Crippen LogP contribution >= 0.6 is 11.6 Å². The van der Waals surface area contributed by atoms with Crippen LogP contribution in [-0.4, -0.2) is 41.0 Å². The molecule has 0 amide bonds. The lowest BCUT2D eigenvalue weighted by atomic mass is 10.4. The second kappa shape index (κ2) is 6.17. The van der Waals surface area contributed by atoms with Crippen molar-refractivity contribution in [3.63, 3.8) is 0 Å². The van der Waals surface area contributed by atoms with Gasteiger partial charge in [-0.3, -0.25) is 0 Å². The number of hydrogen-bond acceptors (Lipinski definition) is 4. The van der Waals surface area contributed by atoms with E-state index in [2.05, 4.69) is 20.2 Å². The SMILES string of the molecule is CCc1nc(Cl)cc(NCCN2CCCC2)n1. The van der Waals surface area contributed by atoms with Crippen LogP contribution in [0.5, 0.6) is 0 Å². The topological polar surface area (TPSA) is 41.1 Å². The molecular weight excluding hydrogens is 236 g/mol. The molecule has 0 unspecified atom stereocenters. The molecular formula is C12H19ClN4. The van der Waals surface area contributed by atoms with Gasteiger partial charge in [-0.05, 0) is 25.9 Å². The Kier molecular flexibility index (Phi) is 4.57. The number of likely N-dealkylation sites (tertiary alicyclic amines) is 1. The van der Waals surface area contributed by atoms with E-state index in [4.69, 9.17) is 11.6 Å². The van der Waals surface area contributed by atoms with Crippen molar-refractivity contribution < 1.29 is 0 Å². The van der Waals surface area contributed by atoms with Gasteiger partial charge in [0.2, 0.25) is 0 Å². The molecule has 1 aromatic heterocycles. The predicted molar refractivity (Wildman–Crippen MR) is 70.6 cm³/mol. The highest BCUT2D eigenvalue weighted by Gasteiger charge is 2.10. The van der Waals surface area contributed by atoms with Gasteiger partial charge in [0.05, 0.1) is 0 Å². The van der Waals surface area contributed by atoms with Crippen molar-refractivity contribution in [1.29, 1.82) is 0 Å². The highest BCUT2D eigenvalue weighted by molar-refractivity contribution is 6.29. The number of anilines is 1. The molecule has 17 heavy (non-hydrogen) atoms. The lowest BCUT2D eigenvalue weighted by Gasteiger charge is -2.15.